The van der Waals surface area contributed by atoms with Crippen LogP contribution in [0.25, 0.3) is 0 Å². The highest BCUT2D eigenvalue weighted by Gasteiger charge is 2.25. The number of hydrazone groups is 1. The monoisotopic (exact) mass is 512 g/mol. The van der Waals surface area contributed by atoms with Crippen molar-refractivity contribution >= 4 is 40.6 Å². The van der Waals surface area contributed by atoms with Gasteiger partial charge in [-0.25, -0.2) is 5.43 Å². The van der Waals surface area contributed by atoms with Crippen LogP contribution in [0.1, 0.15) is 60.2 Å². The molecule has 1 aromatic carbocycles. The van der Waals surface area contributed by atoms with Gasteiger partial charge in [-0.05, 0) is 61.4 Å². The van der Waals surface area contributed by atoms with E-state index in [9.17, 15) is 19.7 Å². The smallest absolute Gasteiger partial charge is 0.408 e. The number of benzene rings is 1. The molecule has 0 spiro atoms. The number of nitro groups is 1. The predicted octanol–water partition coefficient (Wildman–Crippen LogP) is 4.68. The summed E-state index contributed by atoms with van der Waals surface area (Å²) in [5.74, 6) is -0.454. The van der Waals surface area contributed by atoms with Crippen molar-refractivity contribution in [1.82, 2.24) is 15.2 Å². The molecule has 36 heavy (non-hydrogen) atoms. The van der Waals surface area contributed by atoms with Crippen LogP contribution in [0.3, 0.4) is 0 Å². The number of rotatable bonds is 8. The number of hydrogen-bond donors (Lipinski definition) is 2. The van der Waals surface area contributed by atoms with Crippen LogP contribution in [-0.2, 0) is 11.3 Å². The molecule has 3 aromatic rings. The van der Waals surface area contributed by atoms with Gasteiger partial charge in [0.25, 0.3) is 0 Å². The van der Waals surface area contributed by atoms with Crippen molar-refractivity contribution in [3.8, 4) is 0 Å². The Morgan fingerprint density at radius 2 is 1.92 bits per heavy atom. The molecular weight excluding hydrogens is 488 g/mol. The SMILES string of the molecule is C/C(=N\NC(=O)c1ccc(Cn2nc([N+](=O)[O-])c(Cl)c2C)o1)c1ccc(NC(=O)C2CCCC2)cc1. The van der Waals surface area contributed by atoms with Gasteiger partial charge in [-0.1, -0.05) is 36.6 Å². The topological polar surface area (TPSA) is 145 Å². The van der Waals surface area contributed by atoms with E-state index in [1.807, 2.05) is 12.1 Å². The van der Waals surface area contributed by atoms with Gasteiger partial charge in [0.05, 0.1) is 16.5 Å². The summed E-state index contributed by atoms with van der Waals surface area (Å²) >= 11 is 5.96. The summed E-state index contributed by atoms with van der Waals surface area (Å²) in [6, 6.07) is 10.3. The second-order valence-corrected chi connectivity index (χ2v) is 8.97. The minimum Gasteiger partial charge on any atom is -0.454 e. The van der Waals surface area contributed by atoms with Crippen LogP contribution < -0.4 is 10.7 Å². The van der Waals surface area contributed by atoms with E-state index >= 15 is 0 Å². The Labute approximate surface area is 211 Å². The molecule has 1 aliphatic rings. The molecule has 0 saturated heterocycles. The summed E-state index contributed by atoms with van der Waals surface area (Å²) in [7, 11) is 0. The number of halogens is 1. The van der Waals surface area contributed by atoms with Gasteiger partial charge < -0.3 is 19.8 Å². The zero-order valence-corrected chi connectivity index (χ0v) is 20.5. The second-order valence-electron chi connectivity index (χ2n) is 8.59. The Morgan fingerprint density at radius 3 is 2.56 bits per heavy atom. The number of carbonyl (C=O) groups is 2. The van der Waals surface area contributed by atoms with Crippen molar-refractivity contribution in [3.63, 3.8) is 0 Å². The summed E-state index contributed by atoms with van der Waals surface area (Å²) in [5, 5.41) is 21.9. The number of anilines is 1. The first kappa shape index (κ1) is 25.1. The Balaban J connectivity index is 1.34. The molecule has 188 valence electrons. The molecule has 1 fully saturated rings. The molecule has 0 unspecified atom stereocenters. The molecule has 1 saturated carbocycles. The van der Waals surface area contributed by atoms with Crippen molar-refractivity contribution in [2.75, 3.05) is 5.32 Å². The van der Waals surface area contributed by atoms with E-state index in [4.69, 9.17) is 16.0 Å². The maximum Gasteiger partial charge on any atom is 0.408 e. The molecule has 2 heterocycles. The van der Waals surface area contributed by atoms with Gasteiger partial charge in [-0.3, -0.25) is 9.59 Å². The second kappa shape index (κ2) is 10.7. The standard InChI is InChI=1S/C24H25ClN6O5/c1-14(16-7-9-18(10-8-16)26-23(32)17-5-3-4-6-17)27-28-24(33)20-12-11-19(36-20)13-30-15(2)21(25)22(29-30)31(34)35/h7-12,17H,3-6,13H2,1-2H3,(H,26,32)(H,28,33)/b27-14+. The lowest BCUT2D eigenvalue weighted by atomic mass is 10.1. The van der Waals surface area contributed by atoms with Gasteiger partial charge in [0.1, 0.15) is 12.3 Å². The number of nitrogens with one attached hydrogen (secondary N) is 2. The van der Waals surface area contributed by atoms with Crippen molar-refractivity contribution < 1.29 is 18.9 Å². The van der Waals surface area contributed by atoms with Crippen molar-refractivity contribution in [3.05, 3.63) is 74.3 Å². The Bertz CT molecular complexity index is 1320. The largest absolute Gasteiger partial charge is 0.454 e. The van der Waals surface area contributed by atoms with Crippen LogP contribution in [-0.4, -0.2) is 32.2 Å². The summed E-state index contributed by atoms with van der Waals surface area (Å²) < 4.78 is 6.89. The predicted molar refractivity (Wildman–Crippen MR) is 133 cm³/mol. The van der Waals surface area contributed by atoms with E-state index in [-0.39, 0.29) is 29.2 Å². The van der Waals surface area contributed by atoms with Crippen molar-refractivity contribution in [2.45, 2.75) is 46.1 Å². The number of hydrogen-bond acceptors (Lipinski definition) is 7. The van der Waals surface area contributed by atoms with Crippen LogP contribution in [0.5, 0.6) is 0 Å². The van der Waals surface area contributed by atoms with Gasteiger partial charge in [0, 0.05) is 11.6 Å². The number of amides is 2. The molecule has 2 aromatic heterocycles. The zero-order chi connectivity index (χ0) is 25.8. The van der Waals surface area contributed by atoms with Crippen LogP contribution >= 0.6 is 11.6 Å². The highest BCUT2D eigenvalue weighted by Crippen LogP contribution is 2.27. The maximum atomic E-state index is 12.5. The van der Waals surface area contributed by atoms with Crippen molar-refractivity contribution in [2.24, 2.45) is 11.0 Å². The number of aromatic nitrogens is 2. The molecule has 0 radical (unpaired) electrons. The van der Waals surface area contributed by atoms with Crippen molar-refractivity contribution in [1.29, 1.82) is 0 Å². The lowest BCUT2D eigenvalue weighted by Crippen LogP contribution is -2.20. The van der Waals surface area contributed by atoms with Gasteiger partial charge in [0.2, 0.25) is 5.91 Å². The highest BCUT2D eigenvalue weighted by atomic mass is 35.5. The Kier molecular flexibility index (Phi) is 7.49. The van der Waals surface area contributed by atoms with E-state index in [1.165, 1.54) is 10.7 Å². The molecular formula is C24H25ClN6O5. The number of nitrogens with zero attached hydrogens (tertiary/aromatic N) is 4. The minimum atomic E-state index is -0.659. The van der Waals surface area contributed by atoms with E-state index < -0.39 is 16.6 Å². The lowest BCUT2D eigenvalue weighted by molar-refractivity contribution is -0.389. The molecule has 12 heteroatoms. The van der Waals surface area contributed by atoms with Gasteiger partial charge >= 0.3 is 11.7 Å². The molecule has 11 nitrogen and oxygen atoms in total. The molecule has 4 rings (SSSR count). The summed E-state index contributed by atoms with van der Waals surface area (Å²) in [6.45, 7) is 3.42. The summed E-state index contributed by atoms with van der Waals surface area (Å²) in [4.78, 5) is 35.1. The van der Waals surface area contributed by atoms with Crippen LogP contribution in [0.15, 0.2) is 45.9 Å². The van der Waals surface area contributed by atoms with Crippen LogP contribution in [0.4, 0.5) is 11.5 Å². The summed E-state index contributed by atoms with van der Waals surface area (Å²) in [5.41, 5.74) is 4.93. The third-order valence-corrected chi connectivity index (χ3v) is 6.54. The summed E-state index contributed by atoms with van der Waals surface area (Å²) in [6.07, 6.45) is 4.07. The lowest BCUT2D eigenvalue weighted by Gasteiger charge is -2.10. The quantitative estimate of drug-likeness (QED) is 0.255. The third-order valence-electron chi connectivity index (χ3n) is 6.10. The van der Waals surface area contributed by atoms with Crippen LogP contribution in [0, 0.1) is 23.0 Å². The number of furan rings is 1. The van der Waals surface area contributed by atoms with Gasteiger partial charge in [0.15, 0.2) is 10.8 Å². The first-order valence-electron chi connectivity index (χ1n) is 11.4. The van der Waals surface area contributed by atoms with E-state index in [2.05, 4.69) is 20.9 Å². The van der Waals surface area contributed by atoms with E-state index in [0.717, 1.165) is 36.9 Å². The average molecular weight is 513 g/mol. The maximum absolute atomic E-state index is 12.5. The molecule has 1 aliphatic carbocycles. The Hall–Kier alpha value is -3.99. The molecule has 2 amide bonds. The highest BCUT2D eigenvalue weighted by molar-refractivity contribution is 6.33. The van der Waals surface area contributed by atoms with E-state index in [0.29, 0.717) is 17.2 Å². The van der Waals surface area contributed by atoms with Gasteiger partial charge in [-0.2, -0.15) is 9.78 Å². The molecule has 0 atom stereocenters. The number of carbonyl (C=O) groups excluding carboxylic acids is 2. The average Bonchev–Trinajstić information content (AvgIpc) is 3.61. The molecule has 0 bridgehead atoms. The first-order chi connectivity index (χ1) is 17.2. The zero-order valence-electron chi connectivity index (χ0n) is 19.8. The first-order valence-corrected chi connectivity index (χ1v) is 11.8. The Morgan fingerprint density at radius 1 is 1.22 bits per heavy atom. The third kappa shape index (κ3) is 5.62. The van der Waals surface area contributed by atoms with Crippen LogP contribution in [0.2, 0.25) is 5.02 Å². The molecule has 0 aliphatic heterocycles. The fourth-order valence-electron chi connectivity index (χ4n) is 3.99. The van der Waals surface area contributed by atoms with Gasteiger partial charge in [-0.15, -0.1) is 0 Å². The fourth-order valence-corrected chi connectivity index (χ4v) is 4.20. The normalized spacial score (nSPS) is 14.1. The van der Waals surface area contributed by atoms with E-state index in [1.54, 1.807) is 32.0 Å². The fraction of sp³-hybridized carbons (Fsp3) is 0.333. The molecule has 2 N–H and O–H groups in total. The minimum absolute atomic E-state index is 0.0249.